The van der Waals surface area contributed by atoms with Crippen LogP contribution in [0.5, 0.6) is 11.5 Å². The van der Waals surface area contributed by atoms with Crippen molar-refractivity contribution in [1.29, 1.82) is 0 Å². The van der Waals surface area contributed by atoms with Gasteiger partial charge in [0.05, 0.1) is 11.4 Å². The number of anilines is 1. The lowest BCUT2D eigenvalue weighted by Crippen LogP contribution is -2.51. The van der Waals surface area contributed by atoms with Crippen molar-refractivity contribution >= 4 is 39.1 Å². The molecule has 2 aromatic carbocycles. The minimum absolute atomic E-state index is 0.107. The summed E-state index contributed by atoms with van der Waals surface area (Å²) >= 11 is 5.98. The van der Waals surface area contributed by atoms with Crippen molar-refractivity contribution in [2.75, 3.05) is 36.4 Å². The molecule has 0 spiro atoms. The van der Waals surface area contributed by atoms with Crippen LogP contribution in [0, 0.1) is 0 Å². The number of halogens is 1. The van der Waals surface area contributed by atoms with Crippen LogP contribution in [-0.2, 0) is 26.2 Å². The number of sulfonamides is 1. The molecule has 0 unspecified atom stereocenters. The molecule has 0 fully saturated rings. The molecule has 1 aliphatic heterocycles. The zero-order valence-electron chi connectivity index (χ0n) is 20.0. The Labute approximate surface area is 211 Å². The number of nitrogens with zero attached hydrogens (tertiary/aromatic N) is 2. The van der Waals surface area contributed by atoms with Crippen molar-refractivity contribution in [3.8, 4) is 11.5 Å². The van der Waals surface area contributed by atoms with Crippen LogP contribution in [0.2, 0.25) is 5.02 Å². The number of hydrogen-bond donors (Lipinski definition) is 1. The van der Waals surface area contributed by atoms with E-state index in [1.807, 2.05) is 0 Å². The smallest absolute Gasteiger partial charge is 0.244 e. The number of carbonyl (C=O) groups excluding carboxylic acids is 2. The average molecular weight is 524 g/mol. The van der Waals surface area contributed by atoms with Crippen molar-refractivity contribution in [3.05, 3.63) is 53.1 Å². The van der Waals surface area contributed by atoms with Crippen LogP contribution in [0.4, 0.5) is 5.69 Å². The number of nitrogens with one attached hydrogen (secondary N) is 1. The molecule has 1 aliphatic rings. The van der Waals surface area contributed by atoms with Gasteiger partial charge in [0, 0.05) is 24.2 Å². The van der Waals surface area contributed by atoms with Crippen LogP contribution >= 0.6 is 11.6 Å². The highest BCUT2D eigenvalue weighted by Gasteiger charge is 2.31. The zero-order valence-corrected chi connectivity index (χ0v) is 21.6. The van der Waals surface area contributed by atoms with Crippen LogP contribution in [-0.4, -0.2) is 63.2 Å². The molecule has 2 amide bonds. The molecule has 0 aromatic heterocycles. The second kappa shape index (κ2) is 11.6. The fraction of sp³-hybridized carbons (Fsp3) is 0.417. The number of fused-ring (bicyclic) bond motifs is 1. The molecule has 1 N–H and O–H groups in total. The van der Waals surface area contributed by atoms with E-state index in [4.69, 9.17) is 21.1 Å². The van der Waals surface area contributed by atoms with Gasteiger partial charge >= 0.3 is 0 Å². The number of rotatable bonds is 10. The number of benzene rings is 2. The van der Waals surface area contributed by atoms with E-state index in [2.05, 4.69) is 5.32 Å². The van der Waals surface area contributed by atoms with Crippen LogP contribution in [0.15, 0.2) is 42.5 Å². The Morgan fingerprint density at radius 3 is 2.34 bits per heavy atom. The Hall–Kier alpha value is -2.98. The average Bonchev–Trinajstić information content (AvgIpc) is 2.86. The number of ether oxygens (including phenoxy) is 2. The fourth-order valence-electron chi connectivity index (χ4n) is 3.60. The lowest BCUT2D eigenvalue weighted by molar-refractivity contribution is -0.139. The predicted molar refractivity (Wildman–Crippen MR) is 134 cm³/mol. The van der Waals surface area contributed by atoms with Gasteiger partial charge in [-0.25, -0.2) is 8.42 Å². The molecule has 11 heteroatoms. The van der Waals surface area contributed by atoms with Crippen LogP contribution in [0.25, 0.3) is 0 Å². The quantitative estimate of drug-likeness (QED) is 0.513. The van der Waals surface area contributed by atoms with Crippen LogP contribution in [0.1, 0.15) is 26.3 Å². The second-order valence-electron chi connectivity index (χ2n) is 7.95. The molecular weight excluding hydrogens is 494 g/mol. The van der Waals surface area contributed by atoms with Gasteiger partial charge < -0.3 is 19.7 Å². The number of carbonyl (C=O) groups is 2. The van der Waals surface area contributed by atoms with E-state index in [-0.39, 0.29) is 23.9 Å². The summed E-state index contributed by atoms with van der Waals surface area (Å²) in [6.07, 6.45) is 0. The molecule has 0 radical (unpaired) electrons. The first-order valence-electron chi connectivity index (χ1n) is 11.4. The van der Waals surface area contributed by atoms with Crippen molar-refractivity contribution < 1.29 is 27.5 Å². The Morgan fingerprint density at radius 2 is 1.71 bits per heavy atom. The lowest BCUT2D eigenvalue weighted by atomic mass is 10.1. The molecule has 0 saturated carbocycles. The summed E-state index contributed by atoms with van der Waals surface area (Å²) in [7, 11) is -3.83. The Bertz CT molecular complexity index is 1160. The maximum Gasteiger partial charge on any atom is 0.244 e. The highest BCUT2D eigenvalue weighted by molar-refractivity contribution is 7.92. The summed E-state index contributed by atoms with van der Waals surface area (Å²) in [5.41, 5.74) is 1.03. The summed E-state index contributed by atoms with van der Waals surface area (Å²) in [4.78, 5) is 27.5. The Balaban J connectivity index is 1.94. The van der Waals surface area contributed by atoms with Crippen LogP contribution < -0.4 is 19.1 Å². The molecule has 0 aliphatic carbocycles. The topological polar surface area (TPSA) is 105 Å². The number of hydrogen-bond acceptors (Lipinski definition) is 6. The monoisotopic (exact) mass is 523 g/mol. The van der Waals surface area contributed by atoms with E-state index in [0.717, 1.165) is 9.87 Å². The molecule has 0 saturated heterocycles. The van der Waals surface area contributed by atoms with Crippen molar-refractivity contribution in [1.82, 2.24) is 10.2 Å². The van der Waals surface area contributed by atoms with Gasteiger partial charge in [0.15, 0.2) is 11.5 Å². The maximum absolute atomic E-state index is 13.6. The summed E-state index contributed by atoms with van der Waals surface area (Å²) < 4.78 is 38.2. The summed E-state index contributed by atoms with van der Waals surface area (Å²) in [5, 5.41) is 3.26. The SMILES string of the molecule is CCNC(=O)[C@H](C)N(Cc1ccc(Cl)cc1)C(=O)CN(c1ccc2c(c1)OCCO2)S(=O)(=O)CC. The highest BCUT2D eigenvalue weighted by Crippen LogP contribution is 2.35. The first kappa shape index (κ1) is 26.6. The lowest BCUT2D eigenvalue weighted by Gasteiger charge is -2.32. The van der Waals surface area contributed by atoms with E-state index >= 15 is 0 Å². The van der Waals surface area contributed by atoms with Gasteiger partial charge in [-0.1, -0.05) is 23.7 Å². The first-order chi connectivity index (χ1) is 16.7. The van der Waals surface area contributed by atoms with E-state index in [1.165, 1.54) is 11.8 Å². The fourth-order valence-corrected chi connectivity index (χ4v) is 4.78. The van der Waals surface area contributed by atoms with Gasteiger partial charge in [0.25, 0.3) is 0 Å². The van der Waals surface area contributed by atoms with E-state index in [9.17, 15) is 18.0 Å². The largest absolute Gasteiger partial charge is 0.486 e. The summed E-state index contributed by atoms with van der Waals surface area (Å²) in [5.74, 6) is -0.150. The van der Waals surface area contributed by atoms with Gasteiger partial charge in [-0.2, -0.15) is 0 Å². The van der Waals surface area contributed by atoms with Gasteiger partial charge in [-0.05, 0) is 50.6 Å². The zero-order chi connectivity index (χ0) is 25.6. The minimum atomic E-state index is -3.83. The van der Waals surface area contributed by atoms with Crippen LogP contribution in [0.3, 0.4) is 0 Å². The molecule has 1 heterocycles. The Kier molecular flexibility index (Phi) is 8.85. The normalized spacial score (nSPS) is 13.6. The van der Waals surface area contributed by atoms with Gasteiger partial charge in [-0.3, -0.25) is 13.9 Å². The molecule has 2 aromatic rings. The van der Waals surface area contributed by atoms with E-state index in [0.29, 0.717) is 36.3 Å². The van der Waals surface area contributed by atoms with Gasteiger partial charge in [0.1, 0.15) is 25.8 Å². The third kappa shape index (κ3) is 6.58. The molecule has 3 rings (SSSR count). The maximum atomic E-state index is 13.6. The molecular formula is C24H30ClN3O6S. The summed E-state index contributed by atoms with van der Waals surface area (Å²) in [6, 6.07) is 10.8. The molecule has 0 bridgehead atoms. The number of likely N-dealkylation sites (N-methyl/N-ethyl adjacent to an activating group) is 1. The van der Waals surface area contributed by atoms with E-state index in [1.54, 1.807) is 56.3 Å². The van der Waals surface area contributed by atoms with Gasteiger partial charge in [0.2, 0.25) is 21.8 Å². The number of amides is 2. The minimum Gasteiger partial charge on any atom is -0.486 e. The highest BCUT2D eigenvalue weighted by atomic mass is 35.5. The first-order valence-corrected chi connectivity index (χ1v) is 13.4. The second-order valence-corrected chi connectivity index (χ2v) is 10.6. The Morgan fingerprint density at radius 1 is 1.06 bits per heavy atom. The molecule has 35 heavy (non-hydrogen) atoms. The summed E-state index contributed by atoms with van der Waals surface area (Å²) in [6.45, 7) is 5.68. The molecule has 190 valence electrons. The standard InChI is InChI=1S/C24H30ClN3O6S/c1-4-26-24(30)17(3)27(15-18-6-8-19(25)9-7-18)23(29)16-28(35(31,32)5-2)20-10-11-21-22(14-20)34-13-12-33-21/h6-11,14,17H,4-5,12-13,15-16H2,1-3H3,(H,26,30)/t17-/m0/s1. The third-order valence-electron chi connectivity index (χ3n) is 5.58. The molecule has 9 nitrogen and oxygen atoms in total. The van der Waals surface area contributed by atoms with Gasteiger partial charge in [-0.15, -0.1) is 0 Å². The predicted octanol–water partition coefficient (Wildman–Crippen LogP) is 2.82. The third-order valence-corrected chi connectivity index (χ3v) is 7.57. The van der Waals surface area contributed by atoms with Crippen molar-refractivity contribution in [3.63, 3.8) is 0 Å². The van der Waals surface area contributed by atoms with E-state index < -0.39 is 28.5 Å². The van der Waals surface area contributed by atoms with Crippen molar-refractivity contribution in [2.24, 2.45) is 0 Å². The van der Waals surface area contributed by atoms with Crippen molar-refractivity contribution in [2.45, 2.75) is 33.4 Å². The molecule has 1 atom stereocenters.